The Morgan fingerprint density at radius 3 is 2.79 bits per heavy atom. The maximum Gasteiger partial charge on any atom is 0.130 e. The van der Waals surface area contributed by atoms with E-state index in [4.69, 9.17) is 4.98 Å². The Hall–Kier alpha value is -2.66. The molecule has 5 rings (SSSR count). The Labute approximate surface area is 172 Å². The molecule has 0 bridgehead atoms. The van der Waals surface area contributed by atoms with Gasteiger partial charge in [-0.1, -0.05) is 19.1 Å². The number of benzene rings is 1. The minimum Gasteiger partial charge on any atom is -0.343 e. The summed E-state index contributed by atoms with van der Waals surface area (Å²) in [6.45, 7) is 5.81. The van der Waals surface area contributed by atoms with E-state index in [1.165, 1.54) is 55.4 Å². The third-order valence-corrected chi connectivity index (χ3v) is 6.09. The molecule has 5 nitrogen and oxygen atoms in total. The molecule has 1 aliphatic heterocycles. The number of allylic oxidation sites excluding steroid dienone is 1. The molecule has 1 aromatic carbocycles. The van der Waals surface area contributed by atoms with Crippen LogP contribution in [0, 0.1) is 5.92 Å². The number of piperidine rings is 1. The van der Waals surface area contributed by atoms with Crippen LogP contribution < -0.4 is 5.32 Å². The minimum atomic E-state index is 0.805. The molecule has 0 unspecified atom stereocenters. The number of nitrogens with zero attached hydrogens (tertiary/aromatic N) is 4. The van der Waals surface area contributed by atoms with Gasteiger partial charge < -0.3 is 5.32 Å². The van der Waals surface area contributed by atoms with Crippen molar-refractivity contribution in [1.29, 1.82) is 0 Å². The number of fused-ring (bicyclic) bond motifs is 1. The Bertz CT molecular complexity index is 1060. The molecule has 1 saturated carbocycles. The van der Waals surface area contributed by atoms with E-state index in [1.54, 1.807) is 5.57 Å². The zero-order chi connectivity index (χ0) is 19.8. The van der Waals surface area contributed by atoms with Crippen LogP contribution in [0.25, 0.3) is 21.9 Å². The Balaban J connectivity index is 1.38. The SMILES string of the molecule is C[C@H]1CCCN(CC(Nc2cc3cc(-c4cnn(C)c4)ccc3cn2)=C2CC2)C1. The zero-order valence-electron chi connectivity index (χ0n) is 17.4. The molecule has 2 fully saturated rings. The summed E-state index contributed by atoms with van der Waals surface area (Å²) in [5, 5.41) is 10.3. The second-order valence-electron chi connectivity index (χ2n) is 8.72. The summed E-state index contributed by atoms with van der Waals surface area (Å²) in [7, 11) is 1.95. The number of pyridine rings is 1. The zero-order valence-corrected chi connectivity index (χ0v) is 17.4. The van der Waals surface area contributed by atoms with Crippen molar-refractivity contribution in [2.75, 3.05) is 25.0 Å². The Morgan fingerprint density at radius 1 is 1.14 bits per heavy atom. The van der Waals surface area contributed by atoms with Gasteiger partial charge in [0.1, 0.15) is 5.82 Å². The lowest BCUT2D eigenvalue weighted by atomic mass is 10.0. The highest BCUT2D eigenvalue weighted by atomic mass is 15.2. The van der Waals surface area contributed by atoms with Gasteiger partial charge in [0.2, 0.25) is 0 Å². The highest BCUT2D eigenvalue weighted by Crippen LogP contribution is 2.33. The number of aryl methyl sites for hydroxylation is 1. The monoisotopic (exact) mass is 387 g/mol. The second kappa shape index (κ2) is 7.64. The quantitative estimate of drug-likeness (QED) is 0.681. The van der Waals surface area contributed by atoms with Gasteiger partial charge in [-0.3, -0.25) is 9.58 Å². The van der Waals surface area contributed by atoms with E-state index in [0.29, 0.717) is 0 Å². The number of aromatic nitrogens is 3. The van der Waals surface area contributed by atoms with Gasteiger partial charge >= 0.3 is 0 Å². The summed E-state index contributed by atoms with van der Waals surface area (Å²) in [4.78, 5) is 7.29. The number of rotatable bonds is 5. The van der Waals surface area contributed by atoms with E-state index in [2.05, 4.69) is 52.7 Å². The van der Waals surface area contributed by atoms with E-state index >= 15 is 0 Å². The van der Waals surface area contributed by atoms with E-state index < -0.39 is 0 Å². The van der Waals surface area contributed by atoms with Gasteiger partial charge in [0.15, 0.2) is 0 Å². The molecule has 2 aliphatic rings. The molecule has 3 aromatic rings. The number of anilines is 1. The van der Waals surface area contributed by atoms with Crippen LogP contribution in [-0.2, 0) is 7.05 Å². The highest BCUT2D eigenvalue weighted by molar-refractivity contribution is 5.88. The van der Waals surface area contributed by atoms with Gasteiger partial charge in [-0.2, -0.15) is 5.10 Å². The van der Waals surface area contributed by atoms with Crippen molar-refractivity contribution < 1.29 is 0 Å². The number of hydrogen-bond acceptors (Lipinski definition) is 4. The lowest BCUT2D eigenvalue weighted by molar-refractivity contribution is 0.198. The lowest BCUT2D eigenvalue weighted by Gasteiger charge is -2.31. The largest absolute Gasteiger partial charge is 0.343 e. The molecular weight excluding hydrogens is 358 g/mol. The summed E-state index contributed by atoms with van der Waals surface area (Å²) in [6.07, 6.45) is 11.1. The number of likely N-dealkylation sites (tertiary alicyclic amines) is 1. The molecule has 5 heteroatoms. The van der Waals surface area contributed by atoms with Crippen molar-refractivity contribution in [2.45, 2.75) is 32.6 Å². The van der Waals surface area contributed by atoms with Crippen LogP contribution in [0.2, 0.25) is 0 Å². The lowest BCUT2D eigenvalue weighted by Crippen LogP contribution is -2.36. The summed E-state index contributed by atoms with van der Waals surface area (Å²) >= 11 is 0. The van der Waals surface area contributed by atoms with Crippen molar-refractivity contribution >= 4 is 16.6 Å². The molecule has 1 saturated heterocycles. The van der Waals surface area contributed by atoms with Gasteiger partial charge in [-0.15, -0.1) is 0 Å². The summed E-state index contributed by atoms with van der Waals surface area (Å²) in [5.74, 6) is 1.75. The van der Waals surface area contributed by atoms with Gasteiger partial charge in [0, 0.05) is 49.2 Å². The first-order chi connectivity index (χ1) is 14.1. The van der Waals surface area contributed by atoms with Gasteiger partial charge in [-0.05, 0) is 66.8 Å². The van der Waals surface area contributed by atoms with Crippen molar-refractivity contribution in [3.63, 3.8) is 0 Å². The topological polar surface area (TPSA) is 46.0 Å². The summed E-state index contributed by atoms with van der Waals surface area (Å²) < 4.78 is 1.84. The summed E-state index contributed by atoms with van der Waals surface area (Å²) in [6, 6.07) is 8.69. The molecule has 29 heavy (non-hydrogen) atoms. The standard InChI is InChI=1S/C24H29N5/c1-17-4-3-9-29(14-17)16-23(18-5-6-18)27-24-11-21-10-19(7-8-20(21)12-25-24)22-13-26-28(2)15-22/h7-8,10-13,15,17H,3-6,9,14,16H2,1-2H3,(H,25,27)/t17-/m0/s1. The fourth-order valence-corrected chi connectivity index (χ4v) is 4.37. The second-order valence-corrected chi connectivity index (χ2v) is 8.72. The first kappa shape index (κ1) is 18.4. The first-order valence-electron chi connectivity index (χ1n) is 10.7. The fraction of sp³-hybridized carbons (Fsp3) is 0.417. The smallest absolute Gasteiger partial charge is 0.130 e. The molecule has 0 spiro atoms. The predicted molar refractivity (Wildman–Crippen MR) is 119 cm³/mol. The average Bonchev–Trinajstić information content (AvgIpc) is 3.48. The number of hydrogen-bond donors (Lipinski definition) is 1. The predicted octanol–water partition coefficient (Wildman–Crippen LogP) is 4.83. The van der Waals surface area contributed by atoms with Crippen LogP contribution in [0.3, 0.4) is 0 Å². The molecule has 1 atom stereocenters. The van der Waals surface area contributed by atoms with Crippen molar-refractivity contribution in [3.05, 3.63) is 54.1 Å². The van der Waals surface area contributed by atoms with Crippen molar-refractivity contribution in [2.24, 2.45) is 13.0 Å². The van der Waals surface area contributed by atoms with Crippen molar-refractivity contribution in [3.8, 4) is 11.1 Å². The van der Waals surface area contributed by atoms with Crippen LogP contribution in [0.5, 0.6) is 0 Å². The minimum absolute atomic E-state index is 0.805. The van der Waals surface area contributed by atoms with Crippen LogP contribution in [-0.4, -0.2) is 39.3 Å². The number of nitrogens with one attached hydrogen (secondary N) is 1. The Morgan fingerprint density at radius 2 is 2.03 bits per heavy atom. The van der Waals surface area contributed by atoms with Gasteiger partial charge in [-0.25, -0.2) is 4.98 Å². The van der Waals surface area contributed by atoms with Gasteiger partial charge in [0.25, 0.3) is 0 Å². The molecule has 1 N–H and O–H groups in total. The van der Waals surface area contributed by atoms with Crippen LogP contribution in [0.1, 0.15) is 32.6 Å². The third-order valence-electron chi connectivity index (χ3n) is 6.09. The maximum absolute atomic E-state index is 4.69. The normalized spacial score (nSPS) is 19.5. The highest BCUT2D eigenvalue weighted by Gasteiger charge is 2.23. The van der Waals surface area contributed by atoms with Crippen molar-refractivity contribution in [1.82, 2.24) is 19.7 Å². The van der Waals surface area contributed by atoms with Crippen LogP contribution in [0.4, 0.5) is 5.82 Å². The molecule has 2 aromatic heterocycles. The third kappa shape index (κ3) is 4.20. The van der Waals surface area contributed by atoms with Crippen LogP contribution in [0.15, 0.2) is 54.1 Å². The molecule has 3 heterocycles. The first-order valence-corrected chi connectivity index (χ1v) is 10.7. The van der Waals surface area contributed by atoms with Crippen LogP contribution >= 0.6 is 0 Å². The van der Waals surface area contributed by atoms with Gasteiger partial charge in [0.05, 0.1) is 6.20 Å². The molecule has 0 radical (unpaired) electrons. The maximum atomic E-state index is 4.69. The molecule has 150 valence electrons. The van der Waals surface area contributed by atoms with E-state index in [0.717, 1.165) is 29.2 Å². The fourth-order valence-electron chi connectivity index (χ4n) is 4.37. The Kier molecular flexibility index (Phi) is 4.84. The average molecular weight is 388 g/mol. The molecule has 0 amide bonds. The molecule has 1 aliphatic carbocycles. The van der Waals surface area contributed by atoms with E-state index in [1.807, 2.05) is 24.1 Å². The molecular formula is C24H29N5. The van der Waals surface area contributed by atoms with E-state index in [9.17, 15) is 0 Å². The summed E-state index contributed by atoms with van der Waals surface area (Å²) in [5.41, 5.74) is 5.26. The van der Waals surface area contributed by atoms with E-state index in [-0.39, 0.29) is 0 Å².